The molecule has 0 saturated heterocycles. The number of aromatic nitrogens is 2. The van der Waals surface area contributed by atoms with Crippen molar-refractivity contribution in [2.24, 2.45) is 5.73 Å². The van der Waals surface area contributed by atoms with Crippen molar-refractivity contribution in [2.75, 3.05) is 7.11 Å². The fourth-order valence-corrected chi connectivity index (χ4v) is 2.61. The first kappa shape index (κ1) is 15.3. The molecule has 23 heavy (non-hydrogen) atoms. The number of methoxy groups -OCH3 is 1. The summed E-state index contributed by atoms with van der Waals surface area (Å²) in [6, 6.07) is 7.68. The Morgan fingerprint density at radius 1 is 1.43 bits per heavy atom. The number of esters is 1. The molecule has 0 amide bonds. The Bertz CT molecular complexity index is 835. The molecule has 2 heterocycles. The summed E-state index contributed by atoms with van der Waals surface area (Å²) in [6.45, 7) is 1.77. The minimum absolute atomic E-state index is 0.0889. The average Bonchev–Trinajstić information content (AvgIpc) is 3.12. The minimum atomic E-state index is -0.376. The molecular weight excluding hydrogens is 294 g/mol. The number of H-pyrrole nitrogens is 1. The lowest BCUT2D eigenvalue weighted by Gasteiger charge is -2.06. The molecule has 0 radical (unpaired) electrons. The van der Waals surface area contributed by atoms with Gasteiger partial charge in [0.1, 0.15) is 5.76 Å². The van der Waals surface area contributed by atoms with Crippen LogP contribution < -0.4 is 5.73 Å². The third-order valence-corrected chi connectivity index (χ3v) is 3.88. The van der Waals surface area contributed by atoms with Crippen molar-refractivity contribution < 1.29 is 13.9 Å². The molecule has 0 saturated carbocycles. The zero-order chi connectivity index (χ0) is 16.4. The van der Waals surface area contributed by atoms with Crippen molar-refractivity contribution in [2.45, 2.75) is 25.8 Å². The first-order valence-corrected chi connectivity index (χ1v) is 7.42. The number of ether oxygens (including phenoxy) is 1. The second kappa shape index (κ2) is 6.26. The Morgan fingerprint density at radius 3 is 3.00 bits per heavy atom. The van der Waals surface area contributed by atoms with Gasteiger partial charge in [-0.3, -0.25) is 4.79 Å². The number of nitrogens with one attached hydrogen (secondary N) is 1. The number of nitrogens with zero attached hydrogens (tertiary/aromatic N) is 1. The molecule has 1 atom stereocenters. The fourth-order valence-electron chi connectivity index (χ4n) is 2.61. The second-order valence-corrected chi connectivity index (χ2v) is 5.48. The Hall–Kier alpha value is -2.60. The number of carbonyl (C=O) groups is 1. The van der Waals surface area contributed by atoms with Crippen LogP contribution in [0.3, 0.4) is 0 Å². The summed E-state index contributed by atoms with van der Waals surface area (Å²) in [5.41, 5.74) is 8.99. The molecule has 2 aromatic heterocycles. The molecule has 0 aliphatic carbocycles. The molecule has 3 N–H and O–H groups in total. The number of oxazole rings is 1. The van der Waals surface area contributed by atoms with E-state index in [-0.39, 0.29) is 18.4 Å². The Morgan fingerprint density at radius 2 is 2.22 bits per heavy atom. The van der Waals surface area contributed by atoms with E-state index in [0.29, 0.717) is 23.8 Å². The highest BCUT2D eigenvalue weighted by Gasteiger charge is 2.19. The van der Waals surface area contributed by atoms with Gasteiger partial charge in [0.05, 0.1) is 25.3 Å². The van der Waals surface area contributed by atoms with Gasteiger partial charge in [-0.2, -0.15) is 0 Å². The van der Waals surface area contributed by atoms with E-state index in [4.69, 9.17) is 10.2 Å². The lowest BCUT2D eigenvalue weighted by Crippen LogP contribution is -2.14. The first-order chi connectivity index (χ1) is 11.1. The van der Waals surface area contributed by atoms with Gasteiger partial charge in [0.25, 0.3) is 0 Å². The predicted octanol–water partition coefficient (Wildman–Crippen LogP) is 2.42. The van der Waals surface area contributed by atoms with Crippen molar-refractivity contribution in [1.29, 1.82) is 0 Å². The number of carbonyl (C=O) groups excluding carboxylic acids is 1. The predicted molar refractivity (Wildman–Crippen MR) is 85.9 cm³/mol. The van der Waals surface area contributed by atoms with E-state index in [1.807, 2.05) is 24.4 Å². The van der Waals surface area contributed by atoms with Gasteiger partial charge in [0.15, 0.2) is 0 Å². The van der Waals surface area contributed by atoms with E-state index in [1.54, 1.807) is 6.92 Å². The number of aromatic amines is 1. The van der Waals surface area contributed by atoms with Crippen molar-refractivity contribution in [3.63, 3.8) is 0 Å². The lowest BCUT2D eigenvalue weighted by molar-refractivity contribution is -0.139. The third kappa shape index (κ3) is 3.12. The summed E-state index contributed by atoms with van der Waals surface area (Å²) in [5.74, 6) is 0.685. The molecule has 3 rings (SSSR count). The van der Waals surface area contributed by atoms with Gasteiger partial charge >= 0.3 is 5.97 Å². The smallest absolute Gasteiger partial charge is 0.311 e. The van der Waals surface area contributed by atoms with Crippen molar-refractivity contribution in [3.05, 3.63) is 53.4 Å². The second-order valence-electron chi connectivity index (χ2n) is 5.48. The van der Waals surface area contributed by atoms with Crippen LogP contribution in [-0.4, -0.2) is 23.0 Å². The van der Waals surface area contributed by atoms with E-state index in [2.05, 4.69) is 20.8 Å². The fraction of sp³-hybridized carbons (Fsp3) is 0.294. The summed E-state index contributed by atoms with van der Waals surface area (Å²) >= 11 is 0. The molecule has 3 aromatic rings. The average molecular weight is 313 g/mol. The van der Waals surface area contributed by atoms with Gasteiger partial charge in [-0.15, -0.1) is 0 Å². The Labute approximate surface area is 133 Å². The van der Waals surface area contributed by atoms with Crippen LogP contribution in [0.15, 0.2) is 34.9 Å². The monoisotopic (exact) mass is 313 g/mol. The molecule has 6 heteroatoms. The zero-order valence-corrected chi connectivity index (χ0v) is 13.1. The molecule has 6 nitrogen and oxygen atoms in total. The number of hydrogen-bond donors (Lipinski definition) is 2. The van der Waals surface area contributed by atoms with Crippen LogP contribution in [0.5, 0.6) is 0 Å². The van der Waals surface area contributed by atoms with Crippen molar-refractivity contribution in [3.8, 4) is 0 Å². The Balaban J connectivity index is 1.79. The third-order valence-electron chi connectivity index (χ3n) is 3.88. The van der Waals surface area contributed by atoms with Crippen LogP contribution in [-0.2, 0) is 22.4 Å². The summed E-state index contributed by atoms with van der Waals surface area (Å²) in [5, 5.41) is 1.14. The lowest BCUT2D eigenvalue weighted by atomic mass is 10.1. The van der Waals surface area contributed by atoms with E-state index in [0.717, 1.165) is 16.5 Å². The minimum Gasteiger partial charge on any atom is -0.469 e. The van der Waals surface area contributed by atoms with E-state index in [9.17, 15) is 4.79 Å². The summed E-state index contributed by atoms with van der Waals surface area (Å²) < 4.78 is 10.3. The van der Waals surface area contributed by atoms with Crippen molar-refractivity contribution >= 4 is 16.9 Å². The molecule has 0 aliphatic rings. The maximum absolute atomic E-state index is 11.4. The molecule has 120 valence electrons. The standard InChI is InChI=1S/C17H19N3O3/c1-10-15(8-16(21)22-2)20-17(23-10)13(18)7-11-9-19-14-6-4-3-5-12(11)14/h3-6,9,13,19H,7-8,18H2,1-2H3/t13-/m1/s1. The van der Waals surface area contributed by atoms with Gasteiger partial charge < -0.3 is 19.9 Å². The van der Waals surface area contributed by atoms with Gasteiger partial charge in [0.2, 0.25) is 5.89 Å². The van der Waals surface area contributed by atoms with E-state index < -0.39 is 0 Å². The normalized spacial score (nSPS) is 12.5. The van der Waals surface area contributed by atoms with Crippen molar-refractivity contribution in [1.82, 2.24) is 9.97 Å². The van der Waals surface area contributed by atoms with E-state index in [1.165, 1.54) is 7.11 Å². The largest absolute Gasteiger partial charge is 0.469 e. The summed E-state index contributed by atoms with van der Waals surface area (Å²) in [4.78, 5) is 19.0. The maximum Gasteiger partial charge on any atom is 0.311 e. The first-order valence-electron chi connectivity index (χ1n) is 7.42. The van der Waals surface area contributed by atoms with Crippen LogP contribution in [0, 0.1) is 6.92 Å². The molecule has 0 spiro atoms. The van der Waals surface area contributed by atoms with Crippen LogP contribution >= 0.6 is 0 Å². The van der Waals surface area contributed by atoms with Crippen LogP contribution in [0.1, 0.15) is 29.0 Å². The molecule has 0 unspecified atom stereocenters. The van der Waals surface area contributed by atoms with Gasteiger partial charge in [-0.25, -0.2) is 4.98 Å². The number of aryl methyl sites for hydroxylation is 1. The highest BCUT2D eigenvalue weighted by molar-refractivity contribution is 5.83. The number of hydrogen-bond acceptors (Lipinski definition) is 5. The highest BCUT2D eigenvalue weighted by Crippen LogP contribution is 2.24. The maximum atomic E-state index is 11.4. The van der Waals surface area contributed by atoms with Crippen LogP contribution in [0.4, 0.5) is 0 Å². The van der Waals surface area contributed by atoms with Gasteiger partial charge in [-0.1, -0.05) is 18.2 Å². The van der Waals surface area contributed by atoms with E-state index >= 15 is 0 Å². The Kier molecular flexibility index (Phi) is 4.16. The number of benzene rings is 1. The molecule has 1 aromatic carbocycles. The molecule has 0 aliphatic heterocycles. The molecule has 0 fully saturated rings. The summed E-state index contributed by atoms with van der Waals surface area (Å²) in [6.07, 6.45) is 2.64. The number of fused-ring (bicyclic) bond motifs is 1. The summed E-state index contributed by atoms with van der Waals surface area (Å²) in [7, 11) is 1.35. The van der Waals surface area contributed by atoms with Crippen LogP contribution in [0.2, 0.25) is 0 Å². The van der Waals surface area contributed by atoms with Gasteiger partial charge in [-0.05, 0) is 25.0 Å². The molecule has 0 bridgehead atoms. The number of rotatable bonds is 5. The highest BCUT2D eigenvalue weighted by atomic mass is 16.5. The zero-order valence-electron chi connectivity index (χ0n) is 13.1. The number of para-hydroxylation sites is 1. The van der Waals surface area contributed by atoms with Gasteiger partial charge in [0, 0.05) is 17.1 Å². The SMILES string of the molecule is COC(=O)Cc1nc([C@H](N)Cc2c[nH]c3ccccc23)oc1C. The topological polar surface area (TPSA) is 94.1 Å². The number of nitrogens with two attached hydrogens (primary N) is 1. The quantitative estimate of drug-likeness (QED) is 0.705. The van der Waals surface area contributed by atoms with Crippen LogP contribution in [0.25, 0.3) is 10.9 Å². The molecular formula is C17H19N3O3.